The molecule has 1 aliphatic heterocycles. The molecule has 4 heteroatoms. The van der Waals surface area contributed by atoms with Crippen molar-refractivity contribution in [2.45, 2.75) is 19.9 Å². The summed E-state index contributed by atoms with van der Waals surface area (Å²) in [5.41, 5.74) is 4.71. The number of hydrogen-bond donors (Lipinski definition) is 0. The summed E-state index contributed by atoms with van der Waals surface area (Å²) in [6.45, 7) is 2.35. The topological polar surface area (TPSA) is 58.7 Å². The van der Waals surface area contributed by atoms with Crippen LogP contribution < -0.4 is 0 Å². The lowest BCUT2D eigenvalue weighted by molar-refractivity contribution is -0.117. The van der Waals surface area contributed by atoms with Gasteiger partial charge in [0.05, 0.1) is 29.9 Å². The Balaban J connectivity index is 2.12. The van der Waals surface area contributed by atoms with Crippen LogP contribution in [0.2, 0.25) is 0 Å². The number of aryl methyl sites for hydroxylation is 1. The summed E-state index contributed by atoms with van der Waals surface area (Å²) in [4.78, 5) is 11.4. The number of nitriles is 1. The molecule has 88 valence electrons. The highest BCUT2D eigenvalue weighted by Crippen LogP contribution is 2.30. The second-order valence-corrected chi connectivity index (χ2v) is 4.52. The van der Waals surface area contributed by atoms with Crippen LogP contribution in [-0.4, -0.2) is 15.6 Å². The molecule has 1 aliphatic rings. The standard InChI is InChI=1S/C14H11N3O/c1-9-4-10(6-15)2-3-12(9)13-7-16-17-8-11(18)5-14(13)17/h2-4,7H,5,8H2,1H3. The van der Waals surface area contributed by atoms with Gasteiger partial charge in [0.15, 0.2) is 5.78 Å². The van der Waals surface area contributed by atoms with E-state index in [1.165, 1.54) is 0 Å². The Labute approximate surface area is 104 Å². The van der Waals surface area contributed by atoms with Crippen molar-refractivity contribution in [1.29, 1.82) is 5.26 Å². The van der Waals surface area contributed by atoms with Crippen LogP contribution in [0.4, 0.5) is 0 Å². The van der Waals surface area contributed by atoms with Gasteiger partial charge in [0.25, 0.3) is 0 Å². The molecular formula is C14H11N3O. The molecule has 0 aliphatic carbocycles. The van der Waals surface area contributed by atoms with E-state index < -0.39 is 0 Å². The van der Waals surface area contributed by atoms with Crippen molar-refractivity contribution in [1.82, 2.24) is 9.78 Å². The molecule has 0 unspecified atom stereocenters. The molecule has 2 aromatic rings. The summed E-state index contributed by atoms with van der Waals surface area (Å²) in [5, 5.41) is 13.1. The number of carbonyl (C=O) groups excluding carboxylic acids is 1. The molecule has 3 rings (SSSR count). The Morgan fingerprint density at radius 1 is 1.39 bits per heavy atom. The van der Waals surface area contributed by atoms with Crippen LogP contribution in [0.15, 0.2) is 24.4 Å². The van der Waals surface area contributed by atoms with E-state index in [1.807, 2.05) is 19.1 Å². The van der Waals surface area contributed by atoms with E-state index in [2.05, 4.69) is 11.2 Å². The van der Waals surface area contributed by atoms with E-state index in [-0.39, 0.29) is 5.78 Å². The highest BCUT2D eigenvalue weighted by molar-refractivity contribution is 5.86. The summed E-state index contributed by atoms with van der Waals surface area (Å²) in [7, 11) is 0. The number of Topliss-reactive ketones (excluding diaryl/α,β-unsaturated/α-hetero) is 1. The monoisotopic (exact) mass is 237 g/mol. The predicted molar refractivity (Wildman–Crippen MR) is 65.8 cm³/mol. The van der Waals surface area contributed by atoms with Crippen LogP contribution in [0.1, 0.15) is 16.8 Å². The molecule has 0 spiro atoms. The van der Waals surface area contributed by atoms with E-state index in [4.69, 9.17) is 5.26 Å². The average molecular weight is 237 g/mol. The van der Waals surface area contributed by atoms with Crippen molar-refractivity contribution >= 4 is 5.78 Å². The van der Waals surface area contributed by atoms with Gasteiger partial charge in [-0.25, -0.2) is 0 Å². The fourth-order valence-electron chi connectivity index (χ4n) is 2.40. The minimum absolute atomic E-state index is 0.200. The Kier molecular flexibility index (Phi) is 2.27. The minimum atomic E-state index is 0.200. The average Bonchev–Trinajstić information content (AvgIpc) is 2.88. The second-order valence-electron chi connectivity index (χ2n) is 4.52. The van der Waals surface area contributed by atoms with Crippen LogP contribution in [0.25, 0.3) is 11.1 Å². The van der Waals surface area contributed by atoms with Gasteiger partial charge < -0.3 is 0 Å². The molecule has 1 aromatic heterocycles. The molecule has 0 bridgehead atoms. The number of benzene rings is 1. The quantitative estimate of drug-likeness (QED) is 0.760. The maximum atomic E-state index is 11.4. The third-order valence-electron chi connectivity index (χ3n) is 3.29. The smallest absolute Gasteiger partial charge is 0.160 e. The van der Waals surface area contributed by atoms with Crippen LogP contribution in [0.3, 0.4) is 0 Å². The molecule has 0 amide bonds. The third kappa shape index (κ3) is 1.52. The fourth-order valence-corrected chi connectivity index (χ4v) is 2.40. The van der Waals surface area contributed by atoms with Gasteiger partial charge >= 0.3 is 0 Å². The Hall–Kier alpha value is -2.41. The van der Waals surface area contributed by atoms with E-state index in [0.29, 0.717) is 18.5 Å². The van der Waals surface area contributed by atoms with Crippen LogP contribution in [-0.2, 0) is 17.8 Å². The lowest BCUT2D eigenvalue weighted by Gasteiger charge is -2.05. The van der Waals surface area contributed by atoms with E-state index in [1.54, 1.807) is 16.9 Å². The lowest BCUT2D eigenvalue weighted by Crippen LogP contribution is -2.00. The molecule has 18 heavy (non-hydrogen) atoms. The first-order valence-electron chi connectivity index (χ1n) is 5.76. The van der Waals surface area contributed by atoms with Crippen molar-refractivity contribution in [2.24, 2.45) is 0 Å². The van der Waals surface area contributed by atoms with Gasteiger partial charge in [0.1, 0.15) is 6.54 Å². The Bertz CT molecular complexity index is 692. The molecule has 0 saturated carbocycles. The summed E-state index contributed by atoms with van der Waals surface area (Å²) in [6.07, 6.45) is 2.25. The van der Waals surface area contributed by atoms with E-state index in [0.717, 1.165) is 22.4 Å². The first-order valence-corrected chi connectivity index (χ1v) is 5.76. The summed E-state index contributed by atoms with van der Waals surface area (Å²) < 4.78 is 1.76. The van der Waals surface area contributed by atoms with Crippen molar-refractivity contribution in [3.63, 3.8) is 0 Å². The van der Waals surface area contributed by atoms with Crippen LogP contribution in [0, 0.1) is 18.3 Å². The first kappa shape index (κ1) is 10.7. The van der Waals surface area contributed by atoms with Gasteiger partial charge in [-0.15, -0.1) is 0 Å². The molecule has 0 atom stereocenters. The molecule has 0 radical (unpaired) electrons. The molecule has 1 aromatic carbocycles. The highest BCUT2D eigenvalue weighted by atomic mass is 16.1. The van der Waals surface area contributed by atoms with Crippen molar-refractivity contribution < 1.29 is 4.79 Å². The van der Waals surface area contributed by atoms with E-state index in [9.17, 15) is 4.79 Å². The number of rotatable bonds is 1. The van der Waals surface area contributed by atoms with E-state index >= 15 is 0 Å². The van der Waals surface area contributed by atoms with Gasteiger partial charge in [-0.2, -0.15) is 10.4 Å². The fraction of sp³-hybridized carbons (Fsp3) is 0.214. The molecule has 0 N–H and O–H groups in total. The lowest BCUT2D eigenvalue weighted by atomic mass is 9.98. The van der Waals surface area contributed by atoms with Crippen LogP contribution in [0.5, 0.6) is 0 Å². The van der Waals surface area contributed by atoms with Crippen LogP contribution >= 0.6 is 0 Å². The summed E-state index contributed by atoms with van der Waals surface area (Å²) >= 11 is 0. The molecule has 4 nitrogen and oxygen atoms in total. The Morgan fingerprint density at radius 3 is 2.94 bits per heavy atom. The van der Waals surface area contributed by atoms with Gasteiger partial charge in [0.2, 0.25) is 0 Å². The number of fused-ring (bicyclic) bond motifs is 1. The highest BCUT2D eigenvalue weighted by Gasteiger charge is 2.23. The second kappa shape index (κ2) is 3.81. The van der Waals surface area contributed by atoms with Gasteiger partial charge in [-0.3, -0.25) is 9.48 Å². The number of ketones is 1. The molecular weight excluding hydrogens is 226 g/mol. The number of aromatic nitrogens is 2. The summed E-state index contributed by atoms with van der Waals surface area (Å²) in [5.74, 6) is 0.200. The zero-order valence-corrected chi connectivity index (χ0v) is 9.97. The predicted octanol–water partition coefficient (Wildman–Crippen LogP) is 1.86. The molecule has 2 heterocycles. The zero-order valence-electron chi connectivity index (χ0n) is 9.97. The normalized spacial score (nSPS) is 13.4. The van der Waals surface area contributed by atoms with Gasteiger partial charge in [0, 0.05) is 5.56 Å². The summed E-state index contributed by atoms with van der Waals surface area (Å²) in [6, 6.07) is 7.70. The minimum Gasteiger partial charge on any atom is -0.297 e. The SMILES string of the molecule is Cc1cc(C#N)ccc1-c1cnn2c1CC(=O)C2. The van der Waals surface area contributed by atoms with Gasteiger partial charge in [-0.05, 0) is 30.2 Å². The van der Waals surface area contributed by atoms with Crippen molar-refractivity contribution in [3.8, 4) is 17.2 Å². The third-order valence-corrected chi connectivity index (χ3v) is 3.29. The largest absolute Gasteiger partial charge is 0.297 e. The van der Waals surface area contributed by atoms with Crippen molar-refractivity contribution in [3.05, 3.63) is 41.2 Å². The maximum absolute atomic E-state index is 11.4. The Morgan fingerprint density at radius 2 is 2.22 bits per heavy atom. The first-order chi connectivity index (χ1) is 8.69. The number of carbonyl (C=O) groups is 1. The molecule has 0 saturated heterocycles. The maximum Gasteiger partial charge on any atom is 0.160 e. The van der Waals surface area contributed by atoms with Crippen molar-refractivity contribution in [2.75, 3.05) is 0 Å². The van der Waals surface area contributed by atoms with Gasteiger partial charge in [-0.1, -0.05) is 6.07 Å². The zero-order chi connectivity index (χ0) is 12.7. The number of hydrogen-bond acceptors (Lipinski definition) is 3. The molecule has 0 fully saturated rings. The number of nitrogens with zero attached hydrogens (tertiary/aromatic N) is 3.